The predicted molar refractivity (Wildman–Crippen MR) is 78.2 cm³/mol. The van der Waals surface area contributed by atoms with Gasteiger partial charge in [0.15, 0.2) is 0 Å². The molecule has 4 heteroatoms. The number of thiazole rings is 1. The molecule has 1 aromatic rings. The highest BCUT2D eigenvalue weighted by molar-refractivity contribution is 7.09. The number of nitrogens with one attached hydrogen (secondary N) is 1. The van der Waals surface area contributed by atoms with Crippen LogP contribution in [0.3, 0.4) is 0 Å². The molecule has 1 aromatic heterocycles. The summed E-state index contributed by atoms with van der Waals surface area (Å²) in [5.74, 6) is 0.620. The Hall–Kier alpha value is -0.450. The molecule has 0 aliphatic rings. The van der Waals surface area contributed by atoms with Crippen LogP contribution in [0.25, 0.3) is 0 Å². The minimum Gasteiger partial charge on any atom is -0.383 e. The van der Waals surface area contributed by atoms with Gasteiger partial charge in [0.1, 0.15) is 0 Å². The lowest BCUT2D eigenvalue weighted by molar-refractivity contribution is 0.174. The third kappa shape index (κ3) is 4.67. The van der Waals surface area contributed by atoms with Crippen LogP contribution < -0.4 is 5.32 Å². The van der Waals surface area contributed by atoms with E-state index in [0.29, 0.717) is 5.92 Å². The van der Waals surface area contributed by atoms with Crippen LogP contribution in [0.5, 0.6) is 0 Å². The molecule has 0 amide bonds. The van der Waals surface area contributed by atoms with Gasteiger partial charge in [0.2, 0.25) is 0 Å². The maximum atomic E-state index is 5.07. The van der Waals surface area contributed by atoms with Gasteiger partial charge in [0, 0.05) is 25.6 Å². The first-order chi connectivity index (χ1) is 8.48. The number of methoxy groups -OCH3 is 1. The van der Waals surface area contributed by atoms with Crippen LogP contribution in [0.1, 0.15) is 31.5 Å². The van der Waals surface area contributed by atoms with Gasteiger partial charge in [-0.05, 0) is 24.7 Å². The van der Waals surface area contributed by atoms with Crippen molar-refractivity contribution in [2.45, 2.75) is 34.1 Å². The van der Waals surface area contributed by atoms with Gasteiger partial charge in [0.25, 0.3) is 0 Å². The van der Waals surface area contributed by atoms with Crippen molar-refractivity contribution in [2.75, 3.05) is 26.8 Å². The molecule has 0 fully saturated rings. The third-order valence-electron chi connectivity index (χ3n) is 3.66. The van der Waals surface area contributed by atoms with Crippen LogP contribution in [0.2, 0.25) is 0 Å². The molecule has 0 bridgehead atoms. The summed E-state index contributed by atoms with van der Waals surface area (Å²) >= 11 is 1.74. The molecule has 0 radical (unpaired) electrons. The standard InChI is InChI=1S/C14H26N2OS/c1-11(2)14(4,10-15-6-7-17-5)8-13-9-18-12(3)16-13/h9,11,15H,6-8,10H2,1-5H3. The van der Waals surface area contributed by atoms with Crippen molar-refractivity contribution in [3.63, 3.8) is 0 Å². The first-order valence-corrected chi connectivity index (χ1v) is 7.46. The van der Waals surface area contributed by atoms with Crippen LogP contribution in [0.4, 0.5) is 0 Å². The Morgan fingerprint density at radius 1 is 1.50 bits per heavy atom. The summed E-state index contributed by atoms with van der Waals surface area (Å²) in [6.45, 7) is 11.7. The molecule has 0 aromatic carbocycles. The lowest BCUT2D eigenvalue weighted by Gasteiger charge is -2.33. The molecule has 1 atom stereocenters. The van der Waals surface area contributed by atoms with Crippen LogP contribution in [-0.4, -0.2) is 31.8 Å². The third-order valence-corrected chi connectivity index (χ3v) is 4.48. The molecule has 3 nitrogen and oxygen atoms in total. The van der Waals surface area contributed by atoms with Gasteiger partial charge in [0.05, 0.1) is 17.3 Å². The Balaban J connectivity index is 2.56. The SMILES string of the molecule is COCCNCC(C)(Cc1csc(C)n1)C(C)C. The van der Waals surface area contributed by atoms with E-state index in [2.05, 4.69) is 43.4 Å². The summed E-state index contributed by atoms with van der Waals surface area (Å²) in [4.78, 5) is 4.59. The van der Waals surface area contributed by atoms with E-state index in [1.807, 2.05) is 0 Å². The molecule has 1 N–H and O–H groups in total. The van der Waals surface area contributed by atoms with E-state index >= 15 is 0 Å². The minimum absolute atomic E-state index is 0.244. The van der Waals surface area contributed by atoms with Gasteiger partial charge in [-0.15, -0.1) is 11.3 Å². The Morgan fingerprint density at radius 2 is 2.22 bits per heavy atom. The molecule has 104 valence electrons. The van der Waals surface area contributed by atoms with Gasteiger partial charge in [-0.1, -0.05) is 20.8 Å². The first-order valence-electron chi connectivity index (χ1n) is 6.58. The zero-order valence-electron chi connectivity index (χ0n) is 12.2. The Bertz CT molecular complexity index is 351. The van der Waals surface area contributed by atoms with Crippen molar-refractivity contribution >= 4 is 11.3 Å². The smallest absolute Gasteiger partial charge is 0.0897 e. The van der Waals surface area contributed by atoms with Crippen LogP contribution >= 0.6 is 11.3 Å². The normalized spacial score (nSPS) is 15.0. The zero-order chi connectivity index (χ0) is 13.6. The highest BCUT2D eigenvalue weighted by Gasteiger charge is 2.29. The van der Waals surface area contributed by atoms with E-state index in [1.165, 1.54) is 5.69 Å². The Morgan fingerprint density at radius 3 is 2.72 bits per heavy atom. The van der Waals surface area contributed by atoms with Crippen LogP contribution in [-0.2, 0) is 11.2 Å². The maximum absolute atomic E-state index is 5.07. The van der Waals surface area contributed by atoms with E-state index in [-0.39, 0.29) is 5.41 Å². The van der Waals surface area contributed by atoms with Crippen molar-refractivity contribution in [3.8, 4) is 0 Å². The van der Waals surface area contributed by atoms with Crippen molar-refractivity contribution in [1.29, 1.82) is 0 Å². The van der Waals surface area contributed by atoms with Gasteiger partial charge in [-0.2, -0.15) is 0 Å². The van der Waals surface area contributed by atoms with Gasteiger partial charge in [-0.25, -0.2) is 4.98 Å². The molecule has 0 saturated heterocycles. The summed E-state index contributed by atoms with van der Waals surface area (Å²) in [6, 6.07) is 0. The molecular formula is C14H26N2OS. The van der Waals surface area contributed by atoms with Gasteiger partial charge in [-0.3, -0.25) is 0 Å². The summed E-state index contributed by atoms with van der Waals surface area (Å²) in [7, 11) is 1.74. The van der Waals surface area contributed by atoms with E-state index < -0.39 is 0 Å². The van der Waals surface area contributed by atoms with Crippen molar-refractivity contribution in [2.24, 2.45) is 11.3 Å². The van der Waals surface area contributed by atoms with Crippen molar-refractivity contribution in [3.05, 3.63) is 16.1 Å². The van der Waals surface area contributed by atoms with Crippen molar-refractivity contribution < 1.29 is 4.74 Å². The van der Waals surface area contributed by atoms with Gasteiger partial charge >= 0.3 is 0 Å². The molecular weight excluding hydrogens is 244 g/mol. The number of rotatable bonds is 8. The molecule has 1 rings (SSSR count). The van der Waals surface area contributed by atoms with Crippen molar-refractivity contribution in [1.82, 2.24) is 10.3 Å². The number of ether oxygens (including phenoxy) is 1. The molecule has 1 heterocycles. The van der Waals surface area contributed by atoms with Gasteiger partial charge < -0.3 is 10.1 Å². The molecule has 0 saturated carbocycles. The van der Waals surface area contributed by atoms with Crippen LogP contribution in [0.15, 0.2) is 5.38 Å². The second-order valence-electron chi connectivity index (χ2n) is 5.51. The molecule has 18 heavy (non-hydrogen) atoms. The molecule has 0 spiro atoms. The maximum Gasteiger partial charge on any atom is 0.0897 e. The summed E-state index contributed by atoms with van der Waals surface area (Å²) in [6.07, 6.45) is 1.04. The van der Waals surface area contributed by atoms with E-state index in [9.17, 15) is 0 Å². The lowest BCUT2D eigenvalue weighted by atomic mass is 9.75. The Labute approximate surface area is 115 Å². The highest BCUT2D eigenvalue weighted by atomic mass is 32.1. The number of hydrogen-bond acceptors (Lipinski definition) is 4. The number of hydrogen-bond donors (Lipinski definition) is 1. The summed E-state index contributed by atoms with van der Waals surface area (Å²) in [5.41, 5.74) is 1.47. The van der Waals surface area contributed by atoms with E-state index in [4.69, 9.17) is 4.74 Å². The largest absolute Gasteiger partial charge is 0.383 e. The first kappa shape index (κ1) is 15.6. The average Bonchev–Trinajstić information content (AvgIpc) is 2.70. The number of aryl methyl sites for hydroxylation is 1. The topological polar surface area (TPSA) is 34.1 Å². The number of nitrogens with zero attached hydrogens (tertiary/aromatic N) is 1. The van der Waals surface area contributed by atoms with E-state index in [0.717, 1.165) is 31.1 Å². The quantitative estimate of drug-likeness (QED) is 0.738. The predicted octanol–water partition coefficient (Wildman–Crippen LogP) is 2.89. The summed E-state index contributed by atoms with van der Waals surface area (Å²) in [5, 5.41) is 6.83. The monoisotopic (exact) mass is 270 g/mol. The highest BCUT2D eigenvalue weighted by Crippen LogP contribution is 2.31. The number of aromatic nitrogens is 1. The summed E-state index contributed by atoms with van der Waals surface area (Å²) < 4.78 is 5.07. The second kappa shape index (κ2) is 7.22. The second-order valence-corrected chi connectivity index (χ2v) is 6.58. The lowest BCUT2D eigenvalue weighted by Crippen LogP contribution is -2.39. The minimum atomic E-state index is 0.244. The molecule has 1 unspecified atom stereocenters. The fraction of sp³-hybridized carbons (Fsp3) is 0.786. The zero-order valence-corrected chi connectivity index (χ0v) is 13.1. The average molecular weight is 270 g/mol. The fourth-order valence-electron chi connectivity index (χ4n) is 1.92. The van der Waals surface area contributed by atoms with E-state index in [1.54, 1.807) is 18.4 Å². The fourth-order valence-corrected chi connectivity index (χ4v) is 2.53. The molecule has 0 aliphatic carbocycles. The Kier molecular flexibility index (Phi) is 6.26. The molecule has 0 aliphatic heterocycles. The van der Waals surface area contributed by atoms with Crippen LogP contribution in [0, 0.1) is 18.3 Å².